The number of ether oxygens (including phenoxy) is 3. The molecule has 0 saturated carbocycles. The molecule has 4 aromatic rings. The van der Waals surface area contributed by atoms with Gasteiger partial charge in [0.1, 0.15) is 11.5 Å². The van der Waals surface area contributed by atoms with Crippen LogP contribution in [-0.4, -0.2) is 42.6 Å². The lowest BCUT2D eigenvalue weighted by molar-refractivity contribution is 0.0961. The van der Waals surface area contributed by atoms with E-state index in [0.717, 1.165) is 11.1 Å². The number of ketones is 1. The van der Waals surface area contributed by atoms with Gasteiger partial charge < -0.3 is 14.2 Å². The largest absolute Gasteiger partial charge is 0.493 e. The van der Waals surface area contributed by atoms with Crippen LogP contribution >= 0.6 is 0 Å². The van der Waals surface area contributed by atoms with Crippen molar-refractivity contribution >= 4 is 11.7 Å². The normalized spacial score (nSPS) is 10.6. The molecule has 7 nitrogen and oxygen atoms in total. The maximum Gasteiger partial charge on any atom is 0.263 e. The predicted molar refractivity (Wildman–Crippen MR) is 128 cm³/mol. The summed E-state index contributed by atoms with van der Waals surface area (Å²) in [7, 11) is 4.45. The number of carbonyl (C=O) groups excluding carboxylic acids is 2. The van der Waals surface area contributed by atoms with Crippen LogP contribution in [-0.2, 0) is 0 Å². The summed E-state index contributed by atoms with van der Waals surface area (Å²) in [5.74, 6) is 0.795. The van der Waals surface area contributed by atoms with Crippen LogP contribution in [0.4, 0.5) is 0 Å². The van der Waals surface area contributed by atoms with Gasteiger partial charge in [-0.1, -0.05) is 48.0 Å². The molecule has 0 amide bonds. The van der Waals surface area contributed by atoms with Crippen molar-refractivity contribution in [1.82, 2.24) is 9.55 Å². The number of rotatable bonds is 7. The van der Waals surface area contributed by atoms with Gasteiger partial charge in [-0.3, -0.25) is 14.2 Å². The molecule has 0 aliphatic heterocycles. The molecule has 1 aromatic heterocycles. The Balaban J connectivity index is 1.84. The van der Waals surface area contributed by atoms with Crippen LogP contribution in [0.2, 0.25) is 0 Å². The van der Waals surface area contributed by atoms with Crippen molar-refractivity contribution in [2.24, 2.45) is 0 Å². The van der Waals surface area contributed by atoms with Crippen molar-refractivity contribution in [1.29, 1.82) is 0 Å². The topological polar surface area (TPSA) is 79.7 Å². The number of nitrogens with zero attached hydrogens (tertiary/aromatic N) is 2. The first-order valence-electron chi connectivity index (χ1n) is 10.6. The molecule has 0 radical (unpaired) electrons. The number of methoxy groups -OCH3 is 3. The molecule has 0 bridgehead atoms. The molecule has 172 valence electrons. The van der Waals surface area contributed by atoms with Gasteiger partial charge in [0.05, 0.1) is 21.3 Å². The maximum atomic E-state index is 13.5. The Hall–Kier alpha value is -4.39. The zero-order valence-corrected chi connectivity index (χ0v) is 19.4. The van der Waals surface area contributed by atoms with Crippen LogP contribution in [0.15, 0.2) is 72.9 Å². The number of benzene rings is 3. The molecule has 4 rings (SSSR count). The molecule has 0 aliphatic carbocycles. The minimum atomic E-state index is -0.382. The molecule has 0 unspecified atom stereocenters. The smallest absolute Gasteiger partial charge is 0.263 e. The number of imidazole rings is 1. The third-order valence-electron chi connectivity index (χ3n) is 5.41. The average molecular weight is 456 g/mol. The number of hydrogen-bond donors (Lipinski definition) is 0. The highest BCUT2D eigenvalue weighted by Crippen LogP contribution is 2.38. The van der Waals surface area contributed by atoms with E-state index in [2.05, 4.69) is 4.98 Å². The fourth-order valence-corrected chi connectivity index (χ4v) is 3.63. The van der Waals surface area contributed by atoms with Crippen LogP contribution in [0, 0.1) is 6.92 Å². The minimum absolute atomic E-state index is 0.120. The Kier molecular flexibility index (Phi) is 6.45. The molecule has 0 N–H and O–H groups in total. The summed E-state index contributed by atoms with van der Waals surface area (Å²) in [6.45, 7) is 1.98. The van der Waals surface area contributed by atoms with E-state index in [1.807, 2.05) is 37.3 Å². The highest BCUT2D eigenvalue weighted by Gasteiger charge is 2.24. The Labute approximate surface area is 197 Å². The first-order valence-corrected chi connectivity index (χ1v) is 10.6. The SMILES string of the molecule is COc1cc(C(=O)c2cn(C(=O)c3ccccc3)c(-c3ccc(C)cc3)n2)cc(OC)c1OC. The quantitative estimate of drug-likeness (QED) is 0.372. The minimum Gasteiger partial charge on any atom is -0.493 e. The van der Waals surface area contributed by atoms with Crippen molar-refractivity contribution in [3.8, 4) is 28.6 Å². The number of hydrogen-bond acceptors (Lipinski definition) is 6. The van der Waals surface area contributed by atoms with Crippen molar-refractivity contribution < 1.29 is 23.8 Å². The number of aryl methyl sites for hydroxylation is 1. The van der Waals surface area contributed by atoms with E-state index < -0.39 is 0 Å². The van der Waals surface area contributed by atoms with Crippen molar-refractivity contribution in [3.05, 3.63) is 95.3 Å². The summed E-state index contributed by atoms with van der Waals surface area (Å²) in [5.41, 5.74) is 2.69. The fraction of sp³-hybridized carbons (Fsp3) is 0.148. The van der Waals surface area contributed by atoms with Gasteiger partial charge in [0.2, 0.25) is 11.5 Å². The van der Waals surface area contributed by atoms with Crippen LogP contribution in [0.1, 0.15) is 32.0 Å². The van der Waals surface area contributed by atoms with Crippen molar-refractivity contribution in [2.45, 2.75) is 6.92 Å². The van der Waals surface area contributed by atoms with Gasteiger partial charge in [-0.25, -0.2) is 4.98 Å². The summed E-state index contributed by atoms with van der Waals surface area (Å²) < 4.78 is 17.5. The van der Waals surface area contributed by atoms with Crippen LogP contribution in [0.3, 0.4) is 0 Å². The van der Waals surface area contributed by atoms with E-state index >= 15 is 0 Å². The zero-order chi connectivity index (χ0) is 24.2. The second kappa shape index (κ2) is 9.62. The molecular formula is C27H24N2O5. The molecule has 0 saturated heterocycles. The van der Waals surface area contributed by atoms with Crippen molar-refractivity contribution in [2.75, 3.05) is 21.3 Å². The third kappa shape index (κ3) is 4.28. The highest BCUT2D eigenvalue weighted by molar-refractivity contribution is 6.09. The lowest BCUT2D eigenvalue weighted by atomic mass is 10.1. The first kappa shape index (κ1) is 22.8. The van der Waals surface area contributed by atoms with Gasteiger partial charge in [-0.2, -0.15) is 0 Å². The zero-order valence-electron chi connectivity index (χ0n) is 19.4. The fourth-order valence-electron chi connectivity index (χ4n) is 3.63. The summed E-state index contributed by atoms with van der Waals surface area (Å²) in [6.07, 6.45) is 1.47. The molecule has 0 spiro atoms. The first-order chi connectivity index (χ1) is 16.5. The van der Waals surface area contributed by atoms with Crippen LogP contribution < -0.4 is 14.2 Å². The van der Waals surface area contributed by atoms with E-state index in [9.17, 15) is 9.59 Å². The highest BCUT2D eigenvalue weighted by atomic mass is 16.5. The van der Waals surface area contributed by atoms with Gasteiger partial charge in [0.15, 0.2) is 11.5 Å². The third-order valence-corrected chi connectivity index (χ3v) is 5.41. The van der Waals surface area contributed by atoms with Gasteiger partial charge in [-0.05, 0) is 31.2 Å². The summed E-state index contributed by atoms with van der Waals surface area (Å²) in [6, 6.07) is 19.6. The molecular weight excluding hydrogens is 432 g/mol. The average Bonchev–Trinajstić information content (AvgIpc) is 3.33. The second-order valence-corrected chi connectivity index (χ2v) is 7.60. The van der Waals surface area contributed by atoms with E-state index in [0.29, 0.717) is 34.2 Å². The lowest BCUT2D eigenvalue weighted by Crippen LogP contribution is -2.12. The summed E-state index contributed by atoms with van der Waals surface area (Å²) in [4.78, 5) is 31.3. The predicted octanol–water partition coefficient (Wildman–Crippen LogP) is 4.80. The maximum absolute atomic E-state index is 13.5. The molecule has 0 atom stereocenters. The van der Waals surface area contributed by atoms with E-state index in [4.69, 9.17) is 14.2 Å². The number of aromatic nitrogens is 2. The van der Waals surface area contributed by atoms with E-state index in [1.165, 1.54) is 32.1 Å². The van der Waals surface area contributed by atoms with Crippen molar-refractivity contribution in [3.63, 3.8) is 0 Å². The number of carbonyl (C=O) groups is 2. The van der Waals surface area contributed by atoms with Gasteiger partial charge >= 0.3 is 0 Å². The Morgan fingerprint density at radius 3 is 1.97 bits per heavy atom. The Morgan fingerprint density at radius 1 is 0.794 bits per heavy atom. The second-order valence-electron chi connectivity index (χ2n) is 7.60. The molecule has 0 aliphatic rings. The standard InChI is InChI=1S/C27H24N2O5/c1-17-10-12-18(13-11-17)26-28-21(16-29(26)27(31)19-8-6-5-7-9-19)24(30)20-14-22(32-2)25(34-4)23(15-20)33-3/h5-16H,1-4H3. The molecule has 7 heteroatoms. The Morgan fingerprint density at radius 2 is 1.41 bits per heavy atom. The van der Waals surface area contributed by atoms with E-state index in [-0.39, 0.29) is 17.4 Å². The van der Waals surface area contributed by atoms with Gasteiger partial charge in [-0.15, -0.1) is 0 Å². The summed E-state index contributed by atoms with van der Waals surface area (Å²) >= 11 is 0. The monoisotopic (exact) mass is 456 g/mol. The van der Waals surface area contributed by atoms with E-state index in [1.54, 1.807) is 36.4 Å². The van der Waals surface area contributed by atoms with Gasteiger partial charge in [0, 0.05) is 22.9 Å². The van der Waals surface area contributed by atoms with Crippen LogP contribution in [0.25, 0.3) is 11.4 Å². The van der Waals surface area contributed by atoms with Crippen LogP contribution in [0.5, 0.6) is 17.2 Å². The molecule has 0 fully saturated rings. The lowest BCUT2D eigenvalue weighted by Gasteiger charge is -2.13. The molecule has 34 heavy (non-hydrogen) atoms. The van der Waals surface area contributed by atoms with Gasteiger partial charge in [0.25, 0.3) is 5.91 Å². The Bertz CT molecular complexity index is 1320. The molecule has 3 aromatic carbocycles. The molecule has 1 heterocycles. The summed E-state index contributed by atoms with van der Waals surface area (Å²) in [5, 5.41) is 0.